The van der Waals surface area contributed by atoms with Gasteiger partial charge in [0, 0.05) is 24.5 Å². The highest BCUT2D eigenvalue weighted by molar-refractivity contribution is 6.46. The summed E-state index contributed by atoms with van der Waals surface area (Å²) in [6, 6.07) is 26.1. The number of aliphatic hydroxyl groups excluding tert-OH is 1. The lowest BCUT2D eigenvalue weighted by Crippen LogP contribution is -2.29. The Labute approximate surface area is 220 Å². The number of para-hydroxylation sites is 1. The second-order valence-corrected chi connectivity index (χ2v) is 8.74. The first-order valence-corrected chi connectivity index (χ1v) is 12.3. The van der Waals surface area contributed by atoms with Crippen LogP contribution in [0.15, 0.2) is 109 Å². The maximum atomic E-state index is 13.4. The zero-order valence-electron chi connectivity index (χ0n) is 20.8. The largest absolute Gasteiger partial charge is 0.507 e. The standard InChI is InChI=1S/C31H26N2O5/c1-2-37-25-14-7-11-23(18-25)29(34)27-28(33(31(36)30(27)35)20-21-9-8-16-32-19-21)22-10-6-15-26(17-22)38-24-12-4-3-5-13-24/h3-19,28,34H,2,20H2,1H3/b29-27+. The lowest BCUT2D eigenvalue weighted by atomic mass is 9.95. The van der Waals surface area contributed by atoms with Gasteiger partial charge in [-0.2, -0.15) is 0 Å². The fourth-order valence-corrected chi connectivity index (χ4v) is 4.51. The summed E-state index contributed by atoms with van der Waals surface area (Å²) in [5.74, 6) is 0.0260. The molecule has 1 aliphatic heterocycles. The van der Waals surface area contributed by atoms with Crippen LogP contribution in [-0.2, 0) is 16.1 Å². The maximum Gasteiger partial charge on any atom is 0.295 e. The third-order valence-electron chi connectivity index (χ3n) is 6.19. The Balaban J connectivity index is 1.61. The number of carbonyl (C=O) groups excluding carboxylic acids is 2. The van der Waals surface area contributed by atoms with Crippen LogP contribution in [0, 0.1) is 0 Å². The fourth-order valence-electron chi connectivity index (χ4n) is 4.51. The van der Waals surface area contributed by atoms with E-state index in [0.717, 1.165) is 5.56 Å². The van der Waals surface area contributed by atoms with Crippen molar-refractivity contribution in [1.29, 1.82) is 0 Å². The molecule has 1 aliphatic rings. The molecule has 5 rings (SSSR count). The van der Waals surface area contributed by atoms with E-state index in [0.29, 0.717) is 35.0 Å². The van der Waals surface area contributed by atoms with Crippen LogP contribution in [0.1, 0.15) is 29.7 Å². The predicted molar refractivity (Wildman–Crippen MR) is 143 cm³/mol. The molecule has 7 nitrogen and oxygen atoms in total. The first-order valence-electron chi connectivity index (χ1n) is 12.3. The Morgan fingerprint density at radius 2 is 1.66 bits per heavy atom. The summed E-state index contributed by atoms with van der Waals surface area (Å²) < 4.78 is 11.6. The summed E-state index contributed by atoms with van der Waals surface area (Å²) in [5.41, 5.74) is 1.78. The molecule has 1 atom stereocenters. The second kappa shape index (κ2) is 11.0. The lowest BCUT2D eigenvalue weighted by molar-refractivity contribution is -0.140. The summed E-state index contributed by atoms with van der Waals surface area (Å²) in [4.78, 5) is 32.3. The van der Waals surface area contributed by atoms with Crippen LogP contribution < -0.4 is 9.47 Å². The molecule has 0 spiro atoms. The highest BCUT2D eigenvalue weighted by Gasteiger charge is 2.46. The van der Waals surface area contributed by atoms with E-state index in [9.17, 15) is 14.7 Å². The van der Waals surface area contributed by atoms with Gasteiger partial charge in [0.05, 0.1) is 18.2 Å². The van der Waals surface area contributed by atoms with Crippen LogP contribution >= 0.6 is 0 Å². The highest BCUT2D eigenvalue weighted by atomic mass is 16.5. The van der Waals surface area contributed by atoms with Crippen molar-refractivity contribution in [2.24, 2.45) is 0 Å². The molecule has 190 valence electrons. The van der Waals surface area contributed by atoms with Gasteiger partial charge in [0.2, 0.25) is 0 Å². The second-order valence-electron chi connectivity index (χ2n) is 8.74. The maximum absolute atomic E-state index is 13.4. The number of nitrogens with zero attached hydrogens (tertiary/aromatic N) is 2. The van der Waals surface area contributed by atoms with E-state index in [1.165, 1.54) is 4.90 Å². The zero-order valence-corrected chi connectivity index (χ0v) is 20.8. The monoisotopic (exact) mass is 506 g/mol. The van der Waals surface area contributed by atoms with Crippen molar-refractivity contribution < 1.29 is 24.2 Å². The zero-order chi connectivity index (χ0) is 26.5. The molecule has 7 heteroatoms. The SMILES string of the molecule is CCOc1cccc(/C(O)=C2\C(=O)C(=O)N(Cc3cccnc3)C2c2cccc(Oc3ccccc3)c2)c1. The van der Waals surface area contributed by atoms with Crippen molar-refractivity contribution in [3.05, 3.63) is 126 Å². The van der Waals surface area contributed by atoms with Crippen LogP contribution in [0.4, 0.5) is 0 Å². The highest BCUT2D eigenvalue weighted by Crippen LogP contribution is 2.41. The predicted octanol–water partition coefficient (Wildman–Crippen LogP) is 5.89. The summed E-state index contributed by atoms with van der Waals surface area (Å²) in [6.45, 7) is 2.46. The minimum absolute atomic E-state index is 0.00407. The van der Waals surface area contributed by atoms with Crippen molar-refractivity contribution in [2.75, 3.05) is 6.61 Å². The van der Waals surface area contributed by atoms with Crippen LogP contribution in [0.2, 0.25) is 0 Å². The minimum Gasteiger partial charge on any atom is -0.507 e. The third-order valence-corrected chi connectivity index (χ3v) is 6.19. The average molecular weight is 507 g/mol. The normalized spacial score (nSPS) is 16.4. The van der Waals surface area contributed by atoms with Gasteiger partial charge in [0.25, 0.3) is 11.7 Å². The first kappa shape index (κ1) is 24.8. The van der Waals surface area contributed by atoms with Gasteiger partial charge in [-0.25, -0.2) is 0 Å². The molecule has 1 saturated heterocycles. The lowest BCUT2D eigenvalue weighted by Gasteiger charge is -2.25. The van der Waals surface area contributed by atoms with E-state index in [4.69, 9.17) is 9.47 Å². The van der Waals surface area contributed by atoms with E-state index in [1.54, 1.807) is 60.9 Å². The molecule has 0 saturated carbocycles. The van der Waals surface area contributed by atoms with Crippen molar-refractivity contribution in [3.8, 4) is 17.2 Å². The molecule has 38 heavy (non-hydrogen) atoms. The van der Waals surface area contributed by atoms with Crippen LogP contribution in [0.5, 0.6) is 17.2 Å². The average Bonchev–Trinajstić information content (AvgIpc) is 3.19. The van der Waals surface area contributed by atoms with Gasteiger partial charge in [0.1, 0.15) is 23.0 Å². The molecule has 1 fully saturated rings. The number of hydrogen-bond donors (Lipinski definition) is 1. The van der Waals surface area contributed by atoms with Crippen molar-refractivity contribution in [1.82, 2.24) is 9.88 Å². The van der Waals surface area contributed by atoms with Gasteiger partial charge in [0.15, 0.2) is 0 Å². The van der Waals surface area contributed by atoms with Gasteiger partial charge in [-0.1, -0.05) is 48.5 Å². The summed E-state index contributed by atoms with van der Waals surface area (Å²) in [5, 5.41) is 11.4. The molecular formula is C31H26N2O5. The molecule has 0 aliphatic carbocycles. The number of likely N-dealkylation sites (tertiary alicyclic amines) is 1. The number of carbonyl (C=O) groups is 2. The van der Waals surface area contributed by atoms with Crippen LogP contribution in [0.3, 0.4) is 0 Å². The Hall–Kier alpha value is -4.91. The molecule has 3 aromatic carbocycles. The Kier molecular flexibility index (Phi) is 7.17. The minimum atomic E-state index is -0.842. The number of pyridine rings is 1. The van der Waals surface area contributed by atoms with Gasteiger partial charge in [-0.15, -0.1) is 0 Å². The van der Waals surface area contributed by atoms with E-state index in [-0.39, 0.29) is 17.9 Å². The molecule has 0 bridgehead atoms. The molecule has 1 unspecified atom stereocenters. The van der Waals surface area contributed by atoms with E-state index >= 15 is 0 Å². The van der Waals surface area contributed by atoms with Crippen molar-refractivity contribution >= 4 is 17.4 Å². The smallest absolute Gasteiger partial charge is 0.295 e. The third kappa shape index (κ3) is 5.13. The Morgan fingerprint density at radius 3 is 2.42 bits per heavy atom. The van der Waals surface area contributed by atoms with Crippen LogP contribution in [0.25, 0.3) is 5.76 Å². The number of hydrogen-bond acceptors (Lipinski definition) is 6. The molecule has 4 aromatic rings. The summed E-state index contributed by atoms with van der Waals surface area (Å²) in [6.07, 6.45) is 3.29. The number of ether oxygens (including phenoxy) is 2. The molecule has 2 heterocycles. The first-order chi connectivity index (χ1) is 18.5. The number of benzene rings is 3. The Bertz CT molecular complexity index is 1480. The van der Waals surface area contributed by atoms with E-state index in [1.807, 2.05) is 49.4 Å². The number of amides is 1. The van der Waals surface area contributed by atoms with Gasteiger partial charge in [-0.3, -0.25) is 14.6 Å². The quantitative estimate of drug-likeness (QED) is 0.182. The van der Waals surface area contributed by atoms with E-state index < -0.39 is 17.7 Å². The summed E-state index contributed by atoms with van der Waals surface area (Å²) in [7, 11) is 0. The van der Waals surface area contributed by atoms with Gasteiger partial charge < -0.3 is 19.5 Å². The number of rotatable bonds is 8. The van der Waals surface area contributed by atoms with Gasteiger partial charge in [-0.05, 0) is 60.5 Å². The van der Waals surface area contributed by atoms with Gasteiger partial charge >= 0.3 is 0 Å². The van der Waals surface area contributed by atoms with E-state index in [2.05, 4.69) is 4.98 Å². The number of aliphatic hydroxyl groups is 1. The molecule has 1 aromatic heterocycles. The van der Waals surface area contributed by atoms with Crippen molar-refractivity contribution in [2.45, 2.75) is 19.5 Å². The molecule has 1 N–H and O–H groups in total. The fraction of sp³-hybridized carbons (Fsp3) is 0.129. The number of aromatic nitrogens is 1. The molecule has 0 radical (unpaired) electrons. The number of ketones is 1. The number of Topliss-reactive ketones (excluding diaryl/α,β-unsaturated/α-hetero) is 1. The summed E-state index contributed by atoms with van der Waals surface area (Å²) >= 11 is 0. The molecular weight excluding hydrogens is 480 g/mol. The Morgan fingerprint density at radius 1 is 0.895 bits per heavy atom. The van der Waals surface area contributed by atoms with Crippen molar-refractivity contribution in [3.63, 3.8) is 0 Å². The molecule has 1 amide bonds. The van der Waals surface area contributed by atoms with Crippen LogP contribution in [-0.4, -0.2) is 33.3 Å². The topological polar surface area (TPSA) is 89.0 Å².